The average molecular weight is 317 g/mol. The number of hydrogen-bond acceptors (Lipinski definition) is 2. The maximum Gasteiger partial charge on any atom is 0.191 e. The van der Waals surface area contributed by atoms with Crippen molar-refractivity contribution in [1.82, 2.24) is 10.6 Å². The molecule has 0 radical (unpaired) electrons. The predicted octanol–water partition coefficient (Wildman–Crippen LogP) is 3.35. The number of rotatable bonds is 7. The maximum absolute atomic E-state index is 12.9. The Bertz CT molecular complexity index is 591. The van der Waals surface area contributed by atoms with Crippen molar-refractivity contribution in [2.45, 2.75) is 26.8 Å². The molecule has 0 aliphatic heterocycles. The number of aliphatic imine (C=N–C) groups is 1. The summed E-state index contributed by atoms with van der Waals surface area (Å²) in [7, 11) is 0. The molecule has 5 heteroatoms. The lowest BCUT2D eigenvalue weighted by atomic mass is 10.2. The Morgan fingerprint density at radius 1 is 1.17 bits per heavy atom. The first-order valence-electron chi connectivity index (χ1n) is 7.92. The van der Waals surface area contributed by atoms with Gasteiger partial charge in [-0.3, -0.25) is 0 Å². The van der Waals surface area contributed by atoms with Crippen molar-refractivity contribution < 1.29 is 8.81 Å². The van der Waals surface area contributed by atoms with Crippen LogP contribution in [0.3, 0.4) is 0 Å². The van der Waals surface area contributed by atoms with Crippen molar-refractivity contribution in [3.05, 3.63) is 59.8 Å². The minimum atomic E-state index is -0.229. The SMILES string of the molecule is CC(C)CNC(=NCc1ccc(F)cc1)NCCc1ccco1. The Kier molecular flexibility index (Phi) is 6.66. The molecule has 0 atom stereocenters. The molecular weight excluding hydrogens is 293 g/mol. The largest absolute Gasteiger partial charge is 0.469 e. The Hall–Kier alpha value is -2.30. The van der Waals surface area contributed by atoms with E-state index in [1.54, 1.807) is 18.4 Å². The van der Waals surface area contributed by atoms with Crippen LogP contribution in [0.1, 0.15) is 25.2 Å². The monoisotopic (exact) mass is 317 g/mol. The molecule has 124 valence electrons. The van der Waals surface area contributed by atoms with Crippen LogP contribution in [0, 0.1) is 11.7 Å². The van der Waals surface area contributed by atoms with E-state index in [2.05, 4.69) is 29.5 Å². The highest BCUT2D eigenvalue weighted by molar-refractivity contribution is 5.79. The first-order valence-corrected chi connectivity index (χ1v) is 7.92. The van der Waals surface area contributed by atoms with Crippen molar-refractivity contribution in [2.24, 2.45) is 10.9 Å². The lowest BCUT2D eigenvalue weighted by Gasteiger charge is -2.14. The van der Waals surface area contributed by atoms with E-state index < -0.39 is 0 Å². The molecule has 0 amide bonds. The summed E-state index contributed by atoms with van der Waals surface area (Å²) in [6.07, 6.45) is 2.47. The van der Waals surface area contributed by atoms with Crippen LogP contribution in [0.15, 0.2) is 52.1 Å². The van der Waals surface area contributed by atoms with Gasteiger partial charge in [0.15, 0.2) is 5.96 Å². The van der Waals surface area contributed by atoms with E-state index in [1.165, 1.54) is 12.1 Å². The number of furan rings is 1. The van der Waals surface area contributed by atoms with E-state index in [-0.39, 0.29) is 5.82 Å². The maximum atomic E-state index is 12.9. The molecule has 23 heavy (non-hydrogen) atoms. The molecule has 0 bridgehead atoms. The van der Waals surface area contributed by atoms with Crippen molar-refractivity contribution in [1.29, 1.82) is 0 Å². The van der Waals surface area contributed by atoms with Crippen LogP contribution in [-0.4, -0.2) is 19.0 Å². The molecule has 0 saturated heterocycles. The fourth-order valence-electron chi connectivity index (χ4n) is 1.99. The smallest absolute Gasteiger partial charge is 0.191 e. The predicted molar refractivity (Wildman–Crippen MR) is 90.8 cm³/mol. The standard InChI is InChI=1S/C18H24FN3O/c1-14(2)12-21-18(20-10-9-17-4-3-11-23-17)22-13-15-5-7-16(19)8-6-15/h3-8,11,14H,9-10,12-13H2,1-2H3,(H2,20,21,22). The Balaban J connectivity index is 1.89. The molecule has 2 rings (SSSR count). The fourth-order valence-corrected chi connectivity index (χ4v) is 1.99. The minimum absolute atomic E-state index is 0.229. The molecule has 0 aliphatic carbocycles. The number of nitrogens with one attached hydrogen (secondary N) is 2. The summed E-state index contributed by atoms with van der Waals surface area (Å²) in [5, 5.41) is 6.61. The van der Waals surface area contributed by atoms with E-state index in [1.807, 2.05) is 12.1 Å². The second kappa shape index (κ2) is 8.98. The zero-order chi connectivity index (χ0) is 16.5. The van der Waals surface area contributed by atoms with Gasteiger partial charge in [0.05, 0.1) is 12.8 Å². The minimum Gasteiger partial charge on any atom is -0.469 e. The number of benzene rings is 1. The number of halogens is 1. The molecule has 0 spiro atoms. The van der Waals surface area contributed by atoms with Crippen molar-refractivity contribution in [2.75, 3.05) is 13.1 Å². The second-order valence-corrected chi connectivity index (χ2v) is 5.82. The van der Waals surface area contributed by atoms with Crippen molar-refractivity contribution >= 4 is 5.96 Å². The van der Waals surface area contributed by atoms with Crippen LogP contribution in [0.25, 0.3) is 0 Å². The third-order valence-electron chi connectivity index (χ3n) is 3.25. The first-order chi connectivity index (χ1) is 11.1. The highest BCUT2D eigenvalue weighted by atomic mass is 19.1. The summed E-state index contributed by atoms with van der Waals surface area (Å²) in [6.45, 7) is 6.38. The molecule has 2 N–H and O–H groups in total. The van der Waals surface area contributed by atoms with E-state index >= 15 is 0 Å². The van der Waals surface area contributed by atoms with Gasteiger partial charge in [0.2, 0.25) is 0 Å². The summed E-state index contributed by atoms with van der Waals surface area (Å²) in [5.41, 5.74) is 0.975. The van der Waals surface area contributed by atoms with Gasteiger partial charge in [-0.2, -0.15) is 0 Å². The van der Waals surface area contributed by atoms with E-state index in [0.29, 0.717) is 12.5 Å². The van der Waals surface area contributed by atoms with Gasteiger partial charge in [0, 0.05) is 19.5 Å². The first kappa shape index (κ1) is 17.1. The third-order valence-corrected chi connectivity index (χ3v) is 3.25. The zero-order valence-electron chi connectivity index (χ0n) is 13.7. The summed E-state index contributed by atoms with van der Waals surface area (Å²) < 4.78 is 18.2. The molecule has 0 saturated carbocycles. The number of guanidine groups is 1. The molecule has 0 aliphatic rings. The van der Waals surface area contributed by atoms with Gasteiger partial charge in [0.1, 0.15) is 11.6 Å². The van der Waals surface area contributed by atoms with Crippen LogP contribution in [0.2, 0.25) is 0 Å². The Labute approximate surface area is 136 Å². The van der Waals surface area contributed by atoms with Crippen LogP contribution in [-0.2, 0) is 13.0 Å². The van der Waals surface area contributed by atoms with Gasteiger partial charge >= 0.3 is 0 Å². The van der Waals surface area contributed by atoms with Crippen LogP contribution in [0.5, 0.6) is 0 Å². The van der Waals surface area contributed by atoms with Crippen LogP contribution < -0.4 is 10.6 Å². The molecule has 1 aromatic heterocycles. The van der Waals surface area contributed by atoms with E-state index in [9.17, 15) is 4.39 Å². The third kappa shape index (κ3) is 6.55. The topological polar surface area (TPSA) is 49.6 Å². The fraction of sp³-hybridized carbons (Fsp3) is 0.389. The van der Waals surface area contributed by atoms with Gasteiger partial charge in [-0.25, -0.2) is 9.38 Å². The number of hydrogen-bond donors (Lipinski definition) is 2. The summed E-state index contributed by atoms with van der Waals surface area (Å²) >= 11 is 0. The highest BCUT2D eigenvalue weighted by Crippen LogP contribution is 2.04. The summed E-state index contributed by atoms with van der Waals surface area (Å²) in [5.74, 6) is 2.00. The Morgan fingerprint density at radius 3 is 2.61 bits per heavy atom. The molecule has 1 heterocycles. The van der Waals surface area contributed by atoms with Gasteiger partial charge in [-0.05, 0) is 35.7 Å². The average Bonchev–Trinajstić information content (AvgIpc) is 3.04. The summed E-state index contributed by atoms with van der Waals surface area (Å²) in [4.78, 5) is 4.56. The molecule has 0 unspecified atom stereocenters. The normalized spacial score (nSPS) is 11.7. The molecular formula is C18H24FN3O. The van der Waals surface area contributed by atoms with Crippen LogP contribution in [0.4, 0.5) is 4.39 Å². The molecule has 1 aromatic carbocycles. The summed E-state index contributed by atoms with van der Waals surface area (Å²) in [6, 6.07) is 10.3. The van der Waals surface area contributed by atoms with Gasteiger partial charge < -0.3 is 15.1 Å². The Morgan fingerprint density at radius 2 is 1.96 bits per heavy atom. The van der Waals surface area contributed by atoms with E-state index in [0.717, 1.165) is 36.8 Å². The van der Waals surface area contributed by atoms with Gasteiger partial charge in [-0.1, -0.05) is 26.0 Å². The highest BCUT2D eigenvalue weighted by Gasteiger charge is 2.02. The quantitative estimate of drug-likeness (QED) is 0.608. The molecule has 0 fully saturated rings. The lowest BCUT2D eigenvalue weighted by Crippen LogP contribution is -2.40. The van der Waals surface area contributed by atoms with Crippen molar-refractivity contribution in [3.8, 4) is 0 Å². The van der Waals surface area contributed by atoms with Gasteiger partial charge in [0.25, 0.3) is 0 Å². The van der Waals surface area contributed by atoms with Crippen molar-refractivity contribution in [3.63, 3.8) is 0 Å². The zero-order valence-corrected chi connectivity index (χ0v) is 13.7. The van der Waals surface area contributed by atoms with Crippen LogP contribution >= 0.6 is 0 Å². The molecule has 2 aromatic rings. The second-order valence-electron chi connectivity index (χ2n) is 5.82. The molecule has 4 nitrogen and oxygen atoms in total. The number of nitrogens with zero attached hydrogens (tertiary/aromatic N) is 1. The van der Waals surface area contributed by atoms with Gasteiger partial charge in [-0.15, -0.1) is 0 Å². The lowest BCUT2D eigenvalue weighted by molar-refractivity contribution is 0.506. The van der Waals surface area contributed by atoms with E-state index in [4.69, 9.17) is 4.42 Å².